The number of rotatable bonds is 3. The number of halogens is 3. The summed E-state index contributed by atoms with van der Waals surface area (Å²) >= 11 is 1.72. The van der Waals surface area contributed by atoms with Gasteiger partial charge in [0.05, 0.1) is 29.1 Å². The zero-order chi connectivity index (χ0) is 21.5. The van der Waals surface area contributed by atoms with Gasteiger partial charge in [0.25, 0.3) is 0 Å². The Labute approximate surface area is 176 Å². The van der Waals surface area contributed by atoms with Gasteiger partial charge in [0.15, 0.2) is 0 Å². The average molecular weight is 431 g/mol. The number of carbonyl (C=O) groups excluding carboxylic acids is 1. The summed E-state index contributed by atoms with van der Waals surface area (Å²) in [7, 11) is 0. The molecule has 0 saturated carbocycles. The maximum atomic E-state index is 13.1. The van der Waals surface area contributed by atoms with Gasteiger partial charge in [-0.15, -0.1) is 11.8 Å². The van der Waals surface area contributed by atoms with Gasteiger partial charge < -0.3 is 4.90 Å². The van der Waals surface area contributed by atoms with Crippen LogP contribution in [0.15, 0.2) is 53.4 Å². The van der Waals surface area contributed by atoms with Gasteiger partial charge >= 0.3 is 6.18 Å². The molecule has 3 aromatic rings. The Kier molecular flexibility index (Phi) is 5.36. The number of anilines is 1. The molecule has 0 N–H and O–H groups in total. The Bertz CT molecular complexity index is 1110. The zero-order valence-corrected chi connectivity index (χ0v) is 17.3. The minimum Gasteiger partial charge on any atom is -0.310 e. The van der Waals surface area contributed by atoms with Crippen molar-refractivity contribution in [1.82, 2.24) is 9.78 Å². The molecule has 0 bridgehead atoms. The van der Waals surface area contributed by atoms with Crippen LogP contribution in [0, 0.1) is 13.8 Å². The molecule has 8 heteroatoms. The Hall–Kier alpha value is -2.74. The van der Waals surface area contributed by atoms with Crippen molar-refractivity contribution >= 4 is 23.4 Å². The van der Waals surface area contributed by atoms with E-state index in [1.165, 1.54) is 10.7 Å². The first-order chi connectivity index (χ1) is 14.3. The number of hydrogen-bond acceptors (Lipinski definition) is 3. The molecule has 1 aromatic heterocycles. The summed E-state index contributed by atoms with van der Waals surface area (Å²) in [5, 5.41) is 4.42. The number of thioether (sulfide) groups is 1. The summed E-state index contributed by atoms with van der Waals surface area (Å²) in [6.45, 7) is 4.18. The molecule has 1 aliphatic rings. The third-order valence-electron chi connectivity index (χ3n) is 5.22. The molecular formula is C22H20F3N3OS. The SMILES string of the molecule is Cc1nn(-c2cccc(C(F)(F)F)c2)c(C)c1CC(=O)N1CCSc2ccccc21. The Morgan fingerprint density at radius 3 is 2.67 bits per heavy atom. The van der Waals surface area contributed by atoms with E-state index in [-0.39, 0.29) is 12.3 Å². The highest BCUT2D eigenvalue weighted by Gasteiger charge is 2.31. The fourth-order valence-electron chi connectivity index (χ4n) is 3.67. The van der Waals surface area contributed by atoms with Gasteiger partial charge in [-0.3, -0.25) is 4.79 Å². The smallest absolute Gasteiger partial charge is 0.310 e. The van der Waals surface area contributed by atoms with E-state index in [1.54, 1.807) is 36.6 Å². The zero-order valence-electron chi connectivity index (χ0n) is 16.5. The number of aryl methyl sites for hydroxylation is 1. The minimum absolute atomic E-state index is 0.0439. The molecule has 0 saturated heterocycles. The largest absolute Gasteiger partial charge is 0.416 e. The number of fused-ring (bicyclic) bond motifs is 1. The monoisotopic (exact) mass is 431 g/mol. The number of para-hydroxylation sites is 1. The van der Waals surface area contributed by atoms with Crippen LogP contribution in [-0.4, -0.2) is 28.0 Å². The van der Waals surface area contributed by atoms with E-state index in [0.717, 1.165) is 34.0 Å². The molecule has 0 unspecified atom stereocenters. The Balaban J connectivity index is 1.63. The van der Waals surface area contributed by atoms with Gasteiger partial charge in [-0.05, 0) is 44.2 Å². The van der Waals surface area contributed by atoms with Crippen LogP contribution in [0.5, 0.6) is 0 Å². The summed E-state index contributed by atoms with van der Waals surface area (Å²) in [4.78, 5) is 16.0. The first-order valence-electron chi connectivity index (χ1n) is 9.50. The van der Waals surface area contributed by atoms with E-state index in [9.17, 15) is 18.0 Å². The van der Waals surface area contributed by atoms with Gasteiger partial charge in [0.2, 0.25) is 5.91 Å². The quantitative estimate of drug-likeness (QED) is 0.573. The third kappa shape index (κ3) is 3.84. The number of benzene rings is 2. The first-order valence-corrected chi connectivity index (χ1v) is 10.5. The van der Waals surface area contributed by atoms with Crippen molar-refractivity contribution in [2.45, 2.75) is 31.3 Å². The van der Waals surface area contributed by atoms with Crippen LogP contribution in [0.25, 0.3) is 5.69 Å². The highest BCUT2D eigenvalue weighted by molar-refractivity contribution is 7.99. The van der Waals surface area contributed by atoms with Crippen LogP contribution in [0.4, 0.5) is 18.9 Å². The van der Waals surface area contributed by atoms with Crippen molar-refractivity contribution in [3.05, 3.63) is 71.0 Å². The molecule has 0 spiro atoms. The molecule has 0 atom stereocenters. The maximum absolute atomic E-state index is 13.1. The number of aromatic nitrogens is 2. The van der Waals surface area contributed by atoms with E-state index >= 15 is 0 Å². The second-order valence-corrected chi connectivity index (χ2v) is 8.28. The number of amides is 1. The van der Waals surface area contributed by atoms with Gasteiger partial charge in [0.1, 0.15) is 0 Å². The predicted octanol–water partition coefficient (Wildman–Crippen LogP) is 5.19. The minimum atomic E-state index is -4.43. The molecule has 4 nitrogen and oxygen atoms in total. The summed E-state index contributed by atoms with van der Waals surface area (Å²) in [6, 6.07) is 12.8. The second-order valence-electron chi connectivity index (χ2n) is 7.15. The summed E-state index contributed by atoms with van der Waals surface area (Å²) in [5.41, 5.74) is 2.54. The molecular weight excluding hydrogens is 411 g/mol. The van der Waals surface area contributed by atoms with E-state index in [2.05, 4.69) is 5.10 Å². The van der Waals surface area contributed by atoms with Crippen LogP contribution in [0.2, 0.25) is 0 Å². The molecule has 1 aliphatic heterocycles. The van der Waals surface area contributed by atoms with Crippen molar-refractivity contribution in [3.8, 4) is 5.69 Å². The maximum Gasteiger partial charge on any atom is 0.416 e. The molecule has 0 fully saturated rings. The second kappa shape index (κ2) is 7.83. The van der Waals surface area contributed by atoms with E-state index in [1.807, 2.05) is 24.3 Å². The highest BCUT2D eigenvalue weighted by atomic mass is 32.2. The Morgan fingerprint density at radius 2 is 1.90 bits per heavy atom. The van der Waals surface area contributed by atoms with E-state index in [0.29, 0.717) is 23.6 Å². The summed E-state index contributed by atoms with van der Waals surface area (Å²) < 4.78 is 40.7. The first kappa shape index (κ1) is 20.5. The standard InChI is InChI=1S/C22H20F3N3OS/c1-14-18(13-21(29)27-10-11-30-20-9-4-3-8-19(20)27)15(2)28(26-14)17-7-5-6-16(12-17)22(23,24)25/h3-9,12H,10-11,13H2,1-2H3. The molecule has 0 aliphatic carbocycles. The van der Waals surface area contributed by atoms with Crippen LogP contribution in [0.1, 0.15) is 22.5 Å². The van der Waals surface area contributed by atoms with Crippen molar-refractivity contribution < 1.29 is 18.0 Å². The van der Waals surface area contributed by atoms with Crippen LogP contribution in [-0.2, 0) is 17.4 Å². The lowest BCUT2D eigenvalue weighted by atomic mass is 10.1. The number of hydrogen-bond donors (Lipinski definition) is 0. The molecule has 30 heavy (non-hydrogen) atoms. The normalized spacial score (nSPS) is 14.0. The fourth-order valence-corrected chi connectivity index (χ4v) is 4.67. The topological polar surface area (TPSA) is 38.1 Å². The predicted molar refractivity (Wildman–Crippen MR) is 111 cm³/mol. The molecule has 1 amide bonds. The number of nitrogens with zero attached hydrogens (tertiary/aromatic N) is 3. The van der Waals surface area contributed by atoms with Crippen LogP contribution < -0.4 is 4.90 Å². The summed E-state index contributed by atoms with van der Waals surface area (Å²) in [5.74, 6) is 0.780. The van der Waals surface area contributed by atoms with E-state index < -0.39 is 11.7 Å². The summed E-state index contributed by atoms with van der Waals surface area (Å²) in [6.07, 6.45) is -4.28. The van der Waals surface area contributed by atoms with Crippen LogP contribution in [0.3, 0.4) is 0 Å². The van der Waals surface area contributed by atoms with Gasteiger partial charge in [-0.2, -0.15) is 18.3 Å². The molecule has 2 aromatic carbocycles. The highest BCUT2D eigenvalue weighted by Crippen LogP contribution is 2.35. The lowest BCUT2D eigenvalue weighted by Crippen LogP contribution is -2.36. The lowest BCUT2D eigenvalue weighted by molar-refractivity contribution is -0.137. The molecule has 156 valence electrons. The fraction of sp³-hybridized carbons (Fsp3) is 0.273. The number of carbonyl (C=O) groups is 1. The molecule has 2 heterocycles. The Morgan fingerprint density at radius 1 is 1.13 bits per heavy atom. The van der Waals surface area contributed by atoms with Crippen LogP contribution >= 0.6 is 11.8 Å². The van der Waals surface area contributed by atoms with Gasteiger partial charge in [0, 0.05) is 28.5 Å². The number of alkyl halides is 3. The lowest BCUT2D eigenvalue weighted by Gasteiger charge is -2.29. The van der Waals surface area contributed by atoms with Crippen molar-refractivity contribution in [2.75, 3.05) is 17.2 Å². The molecule has 4 rings (SSSR count). The van der Waals surface area contributed by atoms with Crippen molar-refractivity contribution in [1.29, 1.82) is 0 Å². The van der Waals surface area contributed by atoms with Gasteiger partial charge in [-0.1, -0.05) is 18.2 Å². The average Bonchev–Trinajstić information content (AvgIpc) is 3.01. The van der Waals surface area contributed by atoms with Crippen molar-refractivity contribution in [3.63, 3.8) is 0 Å². The van der Waals surface area contributed by atoms with Gasteiger partial charge in [-0.25, -0.2) is 4.68 Å². The van der Waals surface area contributed by atoms with E-state index in [4.69, 9.17) is 0 Å². The van der Waals surface area contributed by atoms with Crippen molar-refractivity contribution in [2.24, 2.45) is 0 Å². The molecule has 0 radical (unpaired) electrons. The third-order valence-corrected chi connectivity index (χ3v) is 6.26.